The van der Waals surface area contributed by atoms with E-state index >= 15 is 0 Å². The first-order chi connectivity index (χ1) is 16.4. The molecule has 0 spiro atoms. The number of hydrogen-bond acceptors (Lipinski definition) is 4. The fourth-order valence-corrected chi connectivity index (χ4v) is 5.19. The van der Waals surface area contributed by atoms with Crippen LogP contribution in [0.2, 0.25) is 0 Å². The van der Waals surface area contributed by atoms with E-state index in [4.69, 9.17) is 9.47 Å². The third kappa shape index (κ3) is 6.68. The first kappa shape index (κ1) is 24.4. The number of nitrogens with zero attached hydrogens (tertiary/aromatic N) is 2. The Morgan fingerprint density at radius 3 is 2.12 bits per heavy atom. The summed E-state index contributed by atoms with van der Waals surface area (Å²) in [5.74, 6) is 0.899. The summed E-state index contributed by atoms with van der Waals surface area (Å²) in [6.07, 6.45) is 8.20. The summed E-state index contributed by atoms with van der Waals surface area (Å²) in [4.78, 5) is 17.1. The van der Waals surface area contributed by atoms with Gasteiger partial charge in [0.15, 0.2) is 0 Å². The van der Waals surface area contributed by atoms with Gasteiger partial charge < -0.3 is 19.3 Å². The maximum Gasteiger partial charge on any atom is 0.410 e. The van der Waals surface area contributed by atoms with E-state index in [0.29, 0.717) is 18.7 Å². The van der Waals surface area contributed by atoms with Crippen molar-refractivity contribution in [3.8, 4) is 5.75 Å². The summed E-state index contributed by atoms with van der Waals surface area (Å²) in [5, 5.41) is 0. The van der Waals surface area contributed by atoms with Gasteiger partial charge in [0.25, 0.3) is 0 Å². The Balaban J connectivity index is 1.42. The van der Waals surface area contributed by atoms with Crippen molar-refractivity contribution in [2.45, 2.75) is 90.0 Å². The average Bonchev–Trinajstić information content (AvgIpc) is 2.84. The van der Waals surface area contributed by atoms with E-state index in [1.54, 1.807) is 0 Å². The van der Waals surface area contributed by atoms with Gasteiger partial charge in [-0.1, -0.05) is 49.6 Å². The molecule has 5 nitrogen and oxygen atoms in total. The van der Waals surface area contributed by atoms with Crippen LogP contribution in [-0.4, -0.2) is 41.8 Å². The number of rotatable bonds is 6. The lowest BCUT2D eigenvalue weighted by molar-refractivity contribution is 0.0202. The highest BCUT2D eigenvalue weighted by Crippen LogP contribution is 2.33. The largest absolute Gasteiger partial charge is 0.489 e. The minimum atomic E-state index is -0.452. The molecule has 1 saturated carbocycles. The van der Waals surface area contributed by atoms with Crippen LogP contribution in [0.1, 0.15) is 71.3 Å². The molecular formula is C29H40N2O3. The van der Waals surface area contributed by atoms with Gasteiger partial charge in [0.1, 0.15) is 18.0 Å². The van der Waals surface area contributed by atoms with E-state index in [0.717, 1.165) is 31.7 Å². The summed E-state index contributed by atoms with van der Waals surface area (Å²) in [7, 11) is 0. The third-order valence-electron chi connectivity index (χ3n) is 6.86. The molecule has 1 aliphatic heterocycles. The Morgan fingerprint density at radius 1 is 0.882 bits per heavy atom. The van der Waals surface area contributed by atoms with E-state index in [1.807, 2.05) is 43.9 Å². The number of benzene rings is 2. The normalized spacial score (nSPS) is 17.9. The minimum Gasteiger partial charge on any atom is -0.489 e. The van der Waals surface area contributed by atoms with Crippen molar-refractivity contribution in [3.63, 3.8) is 0 Å². The summed E-state index contributed by atoms with van der Waals surface area (Å²) >= 11 is 0. The molecule has 2 fully saturated rings. The number of carbonyl (C=O) groups excluding carboxylic acids is 1. The molecule has 0 bridgehead atoms. The van der Waals surface area contributed by atoms with Crippen LogP contribution in [0.15, 0.2) is 54.6 Å². The highest BCUT2D eigenvalue weighted by atomic mass is 16.6. The molecule has 2 aromatic carbocycles. The van der Waals surface area contributed by atoms with E-state index in [1.165, 1.54) is 43.4 Å². The Hall–Kier alpha value is -2.69. The van der Waals surface area contributed by atoms with E-state index in [2.05, 4.69) is 41.3 Å². The molecule has 184 valence electrons. The number of carbonyl (C=O) groups is 1. The second kappa shape index (κ2) is 11.2. The molecule has 1 heterocycles. The van der Waals surface area contributed by atoms with Crippen molar-refractivity contribution >= 4 is 11.8 Å². The van der Waals surface area contributed by atoms with Crippen LogP contribution in [0, 0.1) is 0 Å². The molecule has 0 N–H and O–H groups in total. The molecule has 5 heteroatoms. The van der Waals surface area contributed by atoms with Crippen LogP contribution in [-0.2, 0) is 11.3 Å². The molecule has 4 rings (SSSR count). The van der Waals surface area contributed by atoms with Crippen molar-refractivity contribution in [3.05, 3.63) is 60.2 Å². The molecular weight excluding hydrogens is 424 g/mol. The first-order valence-corrected chi connectivity index (χ1v) is 12.9. The minimum absolute atomic E-state index is 0.185. The molecule has 0 radical (unpaired) electrons. The third-order valence-corrected chi connectivity index (χ3v) is 6.86. The quantitative estimate of drug-likeness (QED) is 0.471. The fraction of sp³-hybridized carbons (Fsp3) is 0.552. The van der Waals surface area contributed by atoms with Crippen molar-refractivity contribution in [1.82, 2.24) is 4.90 Å². The molecule has 0 atom stereocenters. The number of likely N-dealkylation sites (tertiary alicyclic amines) is 1. The lowest BCUT2D eigenvalue weighted by atomic mass is 9.90. The van der Waals surface area contributed by atoms with Gasteiger partial charge >= 0.3 is 6.09 Å². The number of anilines is 1. The number of piperidine rings is 1. The maximum absolute atomic E-state index is 12.5. The lowest BCUT2D eigenvalue weighted by Crippen LogP contribution is -2.51. The number of ether oxygens (including phenoxy) is 2. The van der Waals surface area contributed by atoms with Crippen molar-refractivity contribution in [2.75, 3.05) is 18.0 Å². The Kier molecular flexibility index (Phi) is 8.02. The zero-order chi connectivity index (χ0) is 24.0. The molecule has 0 aromatic heterocycles. The van der Waals surface area contributed by atoms with Crippen molar-refractivity contribution in [1.29, 1.82) is 0 Å². The topological polar surface area (TPSA) is 42.0 Å². The van der Waals surface area contributed by atoms with E-state index in [9.17, 15) is 4.79 Å². The van der Waals surface area contributed by atoms with Crippen LogP contribution in [0.5, 0.6) is 5.75 Å². The maximum atomic E-state index is 12.5. The SMILES string of the molecule is CC(C)(C)OC(=O)N1CCC(N(c2ccc(OCc3ccccc3)cc2)C2CCCCC2)CC1. The smallest absolute Gasteiger partial charge is 0.410 e. The highest BCUT2D eigenvalue weighted by molar-refractivity contribution is 5.68. The fourth-order valence-electron chi connectivity index (χ4n) is 5.19. The molecule has 0 unspecified atom stereocenters. The predicted molar refractivity (Wildman–Crippen MR) is 137 cm³/mol. The molecule has 34 heavy (non-hydrogen) atoms. The van der Waals surface area contributed by atoms with Crippen LogP contribution >= 0.6 is 0 Å². The molecule has 1 amide bonds. The Bertz CT molecular complexity index is 893. The summed E-state index contributed by atoms with van der Waals surface area (Å²) < 4.78 is 11.6. The second-order valence-corrected chi connectivity index (χ2v) is 10.7. The number of amides is 1. The van der Waals surface area contributed by atoms with Crippen LogP contribution < -0.4 is 9.64 Å². The van der Waals surface area contributed by atoms with Gasteiger partial charge in [-0.25, -0.2) is 4.79 Å². The van der Waals surface area contributed by atoms with E-state index in [-0.39, 0.29) is 6.09 Å². The van der Waals surface area contributed by atoms with E-state index < -0.39 is 5.60 Å². The average molecular weight is 465 g/mol. The summed E-state index contributed by atoms with van der Waals surface area (Å²) in [5.41, 5.74) is 1.99. The van der Waals surface area contributed by atoms with Gasteiger partial charge in [-0.05, 0) is 76.3 Å². The van der Waals surface area contributed by atoms with Gasteiger partial charge in [0.05, 0.1) is 0 Å². The van der Waals surface area contributed by atoms with Crippen LogP contribution in [0.4, 0.5) is 10.5 Å². The Morgan fingerprint density at radius 2 is 1.50 bits per heavy atom. The predicted octanol–water partition coefficient (Wildman–Crippen LogP) is 6.80. The van der Waals surface area contributed by atoms with Crippen LogP contribution in [0.25, 0.3) is 0 Å². The van der Waals surface area contributed by atoms with Gasteiger partial charge in [0, 0.05) is 30.9 Å². The van der Waals surface area contributed by atoms with Crippen molar-refractivity contribution < 1.29 is 14.3 Å². The summed E-state index contributed by atoms with van der Waals surface area (Å²) in [6.45, 7) is 7.86. The van der Waals surface area contributed by atoms with Gasteiger partial charge in [-0.3, -0.25) is 0 Å². The standard InChI is InChI=1S/C29H40N2O3/c1-29(2,3)34-28(32)30-20-18-26(19-21-30)31(24-12-8-5-9-13-24)25-14-16-27(17-15-25)33-22-23-10-6-4-7-11-23/h4,6-7,10-11,14-17,24,26H,5,8-9,12-13,18-22H2,1-3H3. The molecule has 2 aromatic rings. The highest BCUT2D eigenvalue weighted by Gasteiger charge is 2.33. The van der Waals surface area contributed by atoms with Gasteiger partial charge in [-0.15, -0.1) is 0 Å². The Labute approximate surface area is 205 Å². The zero-order valence-corrected chi connectivity index (χ0v) is 21.0. The molecule has 1 saturated heterocycles. The second-order valence-electron chi connectivity index (χ2n) is 10.7. The van der Waals surface area contributed by atoms with Gasteiger partial charge in [-0.2, -0.15) is 0 Å². The summed E-state index contributed by atoms with van der Waals surface area (Å²) in [6, 6.07) is 19.9. The first-order valence-electron chi connectivity index (χ1n) is 12.9. The lowest BCUT2D eigenvalue weighted by Gasteiger charge is -2.45. The van der Waals surface area contributed by atoms with Crippen molar-refractivity contribution in [2.24, 2.45) is 0 Å². The monoisotopic (exact) mass is 464 g/mol. The molecule has 2 aliphatic rings. The van der Waals surface area contributed by atoms with Crippen LogP contribution in [0.3, 0.4) is 0 Å². The molecule has 1 aliphatic carbocycles. The van der Waals surface area contributed by atoms with Gasteiger partial charge in [0.2, 0.25) is 0 Å². The number of hydrogen-bond donors (Lipinski definition) is 0. The zero-order valence-electron chi connectivity index (χ0n) is 21.0.